The highest BCUT2D eigenvalue weighted by Gasteiger charge is 2.25. The zero-order valence-electron chi connectivity index (χ0n) is 28.2. The van der Waals surface area contributed by atoms with Crippen molar-refractivity contribution in [2.24, 2.45) is 7.05 Å². The SMILES string of the molecule is Cn1c(=O)c2cnc(Nc3ccc(N4CCN(C(=O)c5cc(Cn6c(=O)[nH]c(=O)c7c(F)cccc76)ccc5F)CC4)cc3)nc2n1-c1ccccn1. The molecule has 4 aromatic heterocycles. The molecule has 1 fully saturated rings. The van der Waals surface area contributed by atoms with E-state index in [4.69, 9.17) is 0 Å². The van der Waals surface area contributed by atoms with Gasteiger partial charge >= 0.3 is 5.69 Å². The predicted octanol–water partition coefficient (Wildman–Crippen LogP) is 3.55. The first-order valence-electron chi connectivity index (χ1n) is 16.6. The Balaban J connectivity index is 0.939. The van der Waals surface area contributed by atoms with Gasteiger partial charge in [-0.05, 0) is 66.2 Å². The lowest BCUT2D eigenvalue weighted by Gasteiger charge is -2.36. The zero-order chi connectivity index (χ0) is 36.8. The second kappa shape index (κ2) is 13.3. The number of amides is 1. The Kier molecular flexibility index (Phi) is 8.33. The molecule has 2 N–H and O–H groups in total. The Morgan fingerprint density at radius 2 is 1.68 bits per heavy atom. The van der Waals surface area contributed by atoms with E-state index < -0.39 is 28.8 Å². The topological polar surface area (TPSA) is 156 Å². The van der Waals surface area contributed by atoms with E-state index in [9.17, 15) is 23.6 Å². The van der Waals surface area contributed by atoms with E-state index in [0.717, 1.165) is 23.5 Å². The number of nitrogens with zero attached hydrogens (tertiary/aromatic N) is 8. The lowest BCUT2D eigenvalue weighted by Crippen LogP contribution is -2.49. The molecule has 5 heterocycles. The predicted molar refractivity (Wildman–Crippen MR) is 194 cm³/mol. The van der Waals surface area contributed by atoms with E-state index in [-0.39, 0.29) is 28.6 Å². The Bertz CT molecular complexity index is 2720. The molecule has 53 heavy (non-hydrogen) atoms. The van der Waals surface area contributed by atoms with E-state index in [1.54, 1.807) is 35.0 Å². The molecule has 16 heteroatoms. The Labute approximate surface area is 298 Å². The summed E-state index contributed by atoms with van der Waals surface area (Å²) in [5.41, 5.74) is 0.607. The van der Waals surface area contributed by atoms with Crippen LogP contribution in [0.25, 0.3) is 27.8 Å². The number of hydrogen-bond acceptors (Lipinski definition) is 9. The second-order valence-electron chi connectivity index (χ2n) is 12.5. The van der Waals surface area contributed by atoms with Gasteiger partial charge in [-0.1, -0.05) is 18.2 Å². The third-order valence-corrected chi connectivity index (χ3v) is 9.29. The van der Waals surface area contributed by atoms with Crippen molar-refractivity contribution >= 4 is 45.2 Å². The van der Waals surface area contributed by atoms with Crippen molar-refractivity contribution in [1.82, 2.24) is 38.8 Å². The number of rotatable bonds is 7. The molecular weight excluding hydrogens is 686 g/mol. The minimum absolute atomic E-state index is 0.0890. The van der Waals surface area contributed by atoms with Crippen LogP contribution in [-0.4, -0.2) is 70.9 Å². The lowest BCUT2D eigenvalue weighted by atomic mass is 10.1. The van der Waals surface area contributed by atoms with Gasteiger partial charge in [-0.2, -0.15) is 4.98 Å². The highest BCUT2D eigenvalue weighted by atomic mass is 19.1. The summed E-state index contributed by atoms with van der Waals surface area (Å²) in [5.74, 6) is -1.12. The highest BCUT2D eigenvalue weighted by molar-refractivity contribution is 5.95. The Hall–Kier alpha value is -6.97. The fourth-order valence-corrected chi connectivity index (χ4v) is 6.59. The van der Waals surface area contributed by atoms with Crippen LogP contribution in [0.5, 0.6) is 0 Å². The molecule has 0 atom stereocenters. The van der Waals surface area contributed by atoms with Crippen LogP contribution < -0.4 is 27.0 Å². The number of carbonyl (C=O) groups excluding carboxylic acids is 1. The van der Waals surface area contributed by atoms with Crippen LogP contribution in [0.4, 0.5) is 26.1 Å². The van der Waals surface area contributed by atoms with Gasteiger partial charge in [0.2, 0.25) is 5.95 Å². The maximum atomic E-state index is 15.0. The number of piperazine rings is 1. The molecule has 1 aliphatic rings. The molecule has 0 aliphatic carbocycles. The number of fused-ring (bicyclic) bond motifs is 2. The quantitative estimate of drug-likeness (QED) is 0.252. The van der Waals surface area contributed by atoms with Crippen LogP contribution >= 0.6 is 0 Å². The molecule has 0 unspecified atom stereocenters. The van der Waals surface area contributed by atoms with Gasteiger partial charge in [0.05, 0.1) is 23.0 Å². The van der Waals surface area contributed by atoms with Crippen LogP contribution in [0.3, 0.4) is 0 Å². The summed E-state index contributed by atoms with van der Waals surface area (Å²) >= 11 is 0. The summed E-state index contributed by atoms with van der Waals surface area (Å²) in [6.07, 6.45) is 3.13. The molecule has 8 rings (SSSR count). The van der Waals surface area contributed by atoms with Crippen molar-refractivity contribution in [3.8, 4) is 5.82 Å². The summed E-state index contributed by atoms with van der Waals surface area (Å²) in [7, 11) is 1.64. The van der Waals surface area contributed by atoms with Crippen LogP contribution in [-0.2, 0) is 13.6 Å². The molecule has 0 radical (unpaired) electrons. The summed E-state index contributed by atoms with van der Waals surface area (Å²) < 4.78 is 33.7. The average Bonchev–Trinajstić information content (AvgIpc) is 3.42. The maximum Gasteiger partial charge on any atom is 0.329 e. The molecule has 266 valence electrons. The number of benzene rings is 3. The van der Waals surface area contributed by atoms with Gasteiger partial charge in [0, 0.05) is 57.0 Å². The largest absolute Gasteiger partial charge is 0.368 e. The fourth-order valence-electron chi connectivity index (χ4n) is 6.59. The molecule has 1 saturated heterocycles. The van der Waals surface area contributed by atoms with Crippen molar-refractivity contribution in [1.29, 1.82) is 0 Å². The molecule has 0 spiro atoms. The number of hydrogen-bond donors (Lipinski definition) is 2. The van der Waals surface area contributed by atoms with Gasteiger partial charge in [-0.15, -0.1) is 0 Å². The third kappa shape index (κ3) is 6.09. The van der Waals surface area contributed by atoms with Crippen LogP contribution in [0, 0.1) is 11.6 Å². The van der Waals surface area contributed by atoms with Crippen molar-refractivity contribution in [3.63, 3.8) is 0 Å². The lowest BCUT2D eigenvalue weighted by molar-refractivity contribution is 0.0742. The van der Waals surface area contributed by atoms with Crippen LogP contribution in [0.2, 0.25) is 0 Å². The number of aromatic amines is 1. The standard InChI is InChI=1S/C37H30F2N10O4/c1-45-34(51)26-20-41-36(43-32(26)49(45)30-7-2-3-14-40-30)42-23-9-11-24(12-10-23)46-15-17-47(18-16-46)35(52)25-19-22(8-13-27(25)38)21-48-29-6-4-5-28(39)31(29)33(50)44-37(48)53/h2-14,19-20H,15-18,21H2,1H3,(H,41,42,43)(H,44,50,53). The summed E-state index contributed by atoms with van der Waals surface area (Å²) in [6, 6.07) is 21.0. The number of nitrogens with one attached hydrogen (secondary N) is 2. The number of halogens is 2. The number of pyridine rings is 1. The summed E-state index contributed by atoms with van der Waals surface area (Å²) in [6.45, 7) is 1.57. The Morgan fingerprint density at radius 3 is 2.43 bits per heavy atom. The van der Waals surface area contributed by atoms with E-state index in [1.165, 1.54) is 39.7 Å². The van der Waals surface area contributed by atoms with Gasteiger partial charge in [0.1, 0.15) is 17.0 Å². The van der Waals surface area contributed by atoms with Gasteiger partial charge in [-0.25, -0.2) is 32.9 Å². The van der Waals surface area contributed by atoms with Gasteiger partial charge in [0.15, 0.2) is 11.5 Å². The van der Waals surface area contributed by atoms with Crippen molar-refractivity contribution < 1.29 is 13.6 Å². The average molecular weight is 717 g/mol. The molecular formula is C37H30F2N10O4. The zero-order valence-corrected chi connectivity index (χ0v) is 28.2. The van der Waals surface area contributed by atoms with Crippen molar-refractivity contribution in [3.05, 3.63) is 145 Å². The first-order chi connectivity index (χ1) is 25.7. The first-order valence-corrected chi connectivity index (χ1v) is 16.6. The highest BCUT2D eigenvalue weighted by Crippen LogP contribution is 2.24. The molecule has 14 nitrogen and oxygen atoms in total. The summed E-state index contributed by atoms with van der Waals surface area (Å²) in [4.78, 5) is 70.4. The van der Waals surface area contributed by atoms with E-state index in [1.807, 2.05) is 30.3 Å². The first kappa shape index (κ1) is 33.2. The fraction of sp³-hybridized carbons (Fsp3) is 0.162. The van der Waals surface area contributed by atoms with E-state index in [0.29, 0.717) is 54.5 Å². The van der Waals surface area contributed by atoms with Crippen LogP contribution in [0.1, 0.15) is 15.9 Å². The smallest absolute Gasteiger partial charge is 0.329 e. The molecule has 1 amide bonds. The molecule has 3 aromatic carbocycles. The van der Waals surface area contributed by atoms with Gasteiger partial charge in [0.25, 0.3) is 17.0 Å². The van der Waals surface area contributed by atoms with Gasteiger partial charge in [-0.3, -0.25) is 23.9 Å². The van der Waals surface area contributed by atoms with Gasteiger partial charge < -0.3 is 15.1 Å². The van der Waals surface area contributed by atoms with Crippen molar-refractivity contribution in [2.75, 3.05) is 36.4 Å². The minimum atomic E-state index is -0.840. The second-order valence-corrected chi connectivity index (χ2v) is 12.5. The monoisotopic (exact) mass is 716 g/mol. The molecule has 1 aliphatic heterocycles. The number of H-pyrrole nitrogens is 1. The minimum Gasteiger partial charge on any atom is -0.368 e. The van der Waals surface area contributed by atoms with Crippen LogP contribution in [0.15, 0.2) is 106 Å². The maximum absolute atomic E-state index is 15.0. The van der Waals surface area contributed by atoms with E-state index in [2.05, 4.69) is 30.2 Å². The third-order valence-electron chi connectivity index (χ3n) is 9.29. The number of anilines is 3. The molecule has 0 bridgehead atoms. The van der Waals surface area contributed by atoms with Crippen molar-refractivity contribution in [2.45, 2.75) is 6.54 Å². The Morgan fingerprint density at radius 1 is 0.887 bits per heavy atom. The number of carbonyl (C=O) groups is 1. The molecule has 7 aromatic rings. The summed E-state index contributed by atoms with van der Waals surface area (Å²) in [5, 5.41) is 3.29. The number of aromatic nitrogens is 7. The van der Waals surface area contributed by atoms with E-state index >= 15 is 4.39 Å². The normalized spacial score (nSPS) is 13.2. The molecule has 0 saturated carbocycles.